The summed E-state index contributed by atoms with van der Waals surface area (Å²) in [4.78, 5) is 25.3. The largest absolute Gasteiger partial charge is 0.495 e. The lowest BCUT2D eigenvalue weighted by Crippen LogP contribution is -2.24. The normalized spacial score (nSPS) is 11.2. The Labute approximate surface area is 185 Å². The molecule has 0 aliphatic heterocycles. The Hall–Kier alpha value is -4.12. The van der Waals surface area contributed by atoms with Gasteiger partial charge in [0.25, 0.3) is 5.56 Å². The maximum atomic E-state index is 13.8. The van der Waals surface area contributed by atoms with E-state index in [2.05, 4.69) is 0 Å². The van der Waals surface area contributed by atoms with E-state index >= 15 is 0 Å². The maximum Gasteiger partial charge on any atom is 0.275 e. The first-order chi connectivity index (χ1) is 15.7. The van der Waals surface area contributed by atoms with Gasteiger partial charge in [-0.2, -0.15) is 0 Å². The number of hydrogen-bond donors (Lipinski definition) is 0. The zero-order valence-electron chi connectivity index (χ0n) is 17.7. The fourth-order valence-electron chi connectivity index (χ4n) is 4.42. The summed E-state index contributed by atoms with van der Waals surface area (Å²) in [5.41, 5.74) is 3.93. The molecule has 158 valence electrons. The summed E-state index contributed by atoms with van der Waals surface area (Å²) in [7, 11) is 1.64. The van der Waals surface area contributed by atoms with Crippen LogP contribution in [0.15, 0.2) is 89.7 Å². The van der Waals surface area contributed by atoms with Gasteiger partial charge in [-0.15, -0.1) is 0 Å². The zero-order valence-corrected chi connectivity index (χ0v) is 17.7. The van der Waals surface area contributed by atoms with Crippen LogP contribution in [0.25, 0.3) is 33.1 Å². The van der Waals surface area contributed by atoms with E-state index in [4.69, 9.17) is 4.74 Å². The van der Waals surface area contributed by atoms with Crippen LogP contribution in [-0.2, 0) is 17.9 Å². The summed E-state index contributed by atoms with van der Waals surface area (Å²) < 4.78 is 9.25. The van der Waals surface area contributed by atoms with Crippen molar-refractivity contribution in [1.82, 2.24) is 9.13 Å². The van der Waals surface area contributed by atoms with E-state index in [1.165, 1.54) is 0 Å². The van der Waals surface area contributed by atoms with Crippen molar-refractivity contribution in [2.24, 2.45) is 0 Å². The molecule has 0 fully saturated rings. The van der Waals surface area contributed by atoms with E-state index in [-0.39, 0.29) is 12.1 Å². The summed E-state index contributed by atoms with van der Waals surface area (Å²) in [6.45, 7) is 0.505. The van der Waals surface area contributed by atoms with Gasteiger partial charge in [0.2, 0.25) is 0 Å². The minimum atomic E-state index is -0.192. The zero-order chi connectivity index (χ0) is 22.1. The van der Waals surface area contributed by atoms with Gasteiger partial charge in [-0.3, -0.25) is 9.36 Å². The highest BCUT2D eigenvalue weighted by molar-refractivity contribution is 6.10. The minimum Gasteiger partial charge on any atom is -0.495 e. The number of aromatic nitrogens is 2. The van der Waals surface area contributed by atoms with Gasteiger partial charge in [0.05, 0.1) is 24.9 Å². The van der Waals surface area contributed by atoms with Gasteiger partial charge in [0.1, 0.15) is 17.6 Å². The first-order valence-corrected chi connectivity index (χ1v) is 10.5. The number of pyridine rings is 1. The molecule has 0 bridgehead atoms. The molecule has 0 saturated heterocycles. The van der Waals surface area contributed by atoms with Crippen LogP contribution in [0.4, 0.5) is 0 Å². The van der Waals surface area contributed by atoms with Crippen molar-refractivity contribution in [2.75, 3.05) is 7.11 Å². The van der Waals surface area contributed by atoms with E-state index < -0.39 is 0 Å². The van der Waals surface area contributed by atoms with E-state index in [0.717, 1.165) is 39.4 Å². The Balaban J connectivity index is 1.92. The van der Waals surface area contributed by atoms with Gasteiger partial charge in [-0.05, 0) is 23.3 Å². The fraction of sp³-hybridized carbons (Fsp3) is 0.111. The van der Waals surface area contributed by atoms with Gasteiger partial charge >= 0.3 is 0 Å². The Bertz CT molecular complexity index is 1480. The number of carbonyl (C=O) groups excluding carboxylic acids is 1. The Morgan fingerprint density at radius 1 is 0.812 bits per heavy atom. The van der Waals surface area contributed by atoms with Crippen LogP contribution in [0.1, 0.15) is 5.56 Å². The molecular formula is C27H22N2O3. The lowest BCUT2D eigenvalue weighted by atomic mass is 10.1. The average molecular weight is 422 g/mol. The first kappa shape index (κ1) is 19.8. The Morgan fingerprint density at radius 3 is 2.22 bits per heavy atom. The van der Waals surface area contributed by atoms with Gasteiger partial charge in [-0.25, -0.2) is 0 Å². The molecule has 0 aliphatic carbocycles. The predicted molar refractivity (Wildman–Crippen MR) is 127 cm³/mol. The molecule has 0 N–H and O–H groups in total. The SMILES string of the molecule is COc1cccc2c3cc(-c4ccccc4)n(CC=O)c(=O)c3n(Cc3ccccc3)c12. The number of para-hydroxylation sites is 1. The highest BCUT2D eigenvalue weighted by Crippen LogP contribution is 2.36. The standard InChI is InChI=1S/C27H22N2O3/c1-32-24-14-8-13-21-22-17-23(20-11-6-3-7-12-20)28(15-16-30)27(31)26(22)29(25(21)24)18-19-9-4-2-5-10-19/h2-14,16-17H,15,18H2,1H3. The number of benzene rings is 3. The lowest BCUT2D eigenvalue weighted by Gasteiger charge is -2.13. The monoisotopic (exact) mass is 422 g/mol. The quantitative estimate of drug-likeness (QED) is 0.367. The lowest BCUT2D eigenvalue weighted by molar-refractivity contribution is -0.108. The number of ether oxygens (including phenoxy) is 1. The van der Waals surface area contributed by atoms with Crippen molar-refractivity contribution >= 4 is 28.1 Å². The molecule has 0 unspecified atom stereocenters. The molecule has 0 spiro atoms. The molecule has 2 aromatic heterocycles. The molecule has 0 aliphatic rings. The van der Waals surface area contributed by atoms with Crippen molar-refractivity contribution < 1.29 is 9.53 Å². The maximum absolute atomic E-state index is 13.8. The van der Waals surface area contributed by atoms with Crippen LogP contribution in [0.3, 0.4) is 0 Å². The fourth-order valence-corrected chi connectivity index (χ4v) is 4.42. The molecule has 5 nitrogen and oxygen atoms in total. The van der Waals surface area contributed by atoms with E-state index in [1.807, 2.05) is 89.5 Å². The second kappa shape index (κ2) is 8.19. The summed E-state index contributed by atoms with van der Waals surface area (Å²) in [5, 5.41) is 1.80. The van der Waals surface area contributed by atoms with Crippen LogP contribution >= 0.6 is 0 Å². The number of methoxy groups -OCH3 is 1. The number of nitrogens with zero attached hydrogens (tertiary/aromatic N) is 2. The van der Waals surface area contributed by atoms with E-state index in [9.17, 15) is 9.59 Å². The second-order valence-electron chi connectivity index (χ2n) is 7.67. The minimum absolute atomic E-state index is 0.0109. The van der Waals surface area contributed by atoms with Crippen molar-refractivity contribution in [3.63, 3.8) is 0 Å². The molecule has 5 aromatic rings. The van der Waals surface area contributed by atoms with Gasteiger partial charge < -0.3 is 14.1 Å². The molecule has 5 rings (SSSR count). The number of carbonyl (C=O) groups is 1. The number of aldehydes is 1. The third-order valence-electron chi connectivity index (χ3n) is 5.83. The van der Waals surface area contributed by atoms with Crippen LogP contribution in [0.2, 0.25) is 0 Å². The van der Waals surface area contributed by atoms with Crippen LogP contribution in [0, 0.1) is 0 Å². The predicted octanol–water partition coefficient (Wildman–Crippen LogP) is 4.88. The Morgan fingerprint density at radius 2 is 1.53 bits per heavy atom. The average Bonchev–Trinajstić information content (AvgIpc) is 3.15. The number of rotatable bonds is 6. The summed E-state index contributed by atoms with van der Waals surface area (Å²) in [6, 6.07) is 27.6. The smallest absolute Gasteiger partial charge is 0.275 e. The molecule has 0 radical (unpaired) electrons. The van der Waals surface area contributed by atoms with Crippen LogP contribution in [0.5, 0.6) is 5.75 Å². The third-order valence-corrected chi connectivity index (χ3v) is 5.83. The summed E-state index contributed by atoms with van der Waals surface area (Å²) >= 11 is 0. The van der Waals surface area contributed by atoms with Crippen molar-refractivity contribution in [1.29, 1.82) is 0 Å². The molecule has 0 amide bonds. The van der Waals surface area contributed by atoms with Gasteiger partial charge in [0.15, 0.2) is 0 Å². The Kier molecular flexibility index (Phi) is 5.07. The molecule has 3 aromatic carbocycles. The molecule has 5 heteroatoms. The summed E-state index contributed by atoms with van der Waals surface area (Å²) in [6.07, 6.45) is 0.768. The van der Waals surface area contributed by atoms with Crippen LogP contribution in [-0.4, -0.2) is 22.5 Å². The molecule has 2 heterocycles. The second-order valence-corrected chi connectivity index (χ2v) is 7.67. The van der Waals surface area contributed by atoms with Gasteiger partial charge in [-0.1, -0.05) is 72.8 Å². The number of hydrogen-bond acceptors (Lipinski definition) is 3. The summed E-state index contributed by atoms with van der Waals surface area (Å²) in [5.74, 6) is 0.706. The first-order valence-electron chi connectivity index (χ1n) is 10.5. The van der Waals surface area contributed by atoms with Gasteiger partial charge in [0, 0.05) is 17.3 Å². The van der Waals surface area contributed by atoms with E-state index in [1.54, 1.807) is 11.7 Å². The van der Waals surface area contributed by atoms with Crippen LogP contribution < -0.4 is 10.3 Å². The molecule has 32 heavy (non-hydrogen) atoms. The third kappa shape index (κ3) is 3.19. The molecule has 0 atom stereocenters. The van der Waals surface area contributed by atoms with Crippen molar-refractivity contribution in [3.8, 4) is 17.0 Å². The molecular weight excluding hydrogens is 400 g/mol. The highest BCUT2D eigenvalue weighted by Gasteiger charge is 2.21. The van der Waals surface area contributed by atoms with E-state index in [0.29, 0.717) is 17.8 Å². The number of fused-ring (bicyclic) bond motifs is 3. The van der Waals surface area contributed by atoms with Crippen molar-refractivity contribution in [3.05, 3.63) is 101 Å². The topological polar surface area (TPSA) is 53.2 Å². The highest BCUT2D eigenvalue weighted by atomic mass is 16.5. The molecule has 0 saturated carbocycles. The van der Waals surface area contributed by atoms with Crippen molar-refractivity contribution in [2.45, 2.75) is 13.1 Å².